The molecule has 2 aromatic rings. The lowest BCUT2D eigenvalue weighted by molar-refractivity contribution is -0.127. The molecule has 10 heteroatoms. The smallest absolute Gasteiger partial charge is 0.294 e. The second-order valence-electron chi connectivity index (χ2n) is 6.10. The second-order valence-corrected chi connectivity index (χ2v) is 7.09. The fourth-order valence-electron chi connectivity index (χ4n) is 2.66. The minimum Gasteiger partial charge on any atom is -0.502 e. The van der Waals surface area contributed by atoms with E-state index in [4.69, 9.17) is 9.47 Å². The molecule has 0 aliphatic carbocycles. The summed E-state index contributed by atoms with van der Waals surface area (Å²) >= 11 is 0.683. The minimum absolute atomic E-state index is 0.101. The molecule has 30 heavy (non-hydrogen) atoms. The summed E-state index contributed by atoms with van der Waals surface area (Å²) in [6, 6.07) is 8.05. The number of anilines is 1. The van der Waals surface area contributed by atoms with Gasteiger partial charge in [0.25, 0.3) is 11.1 Å². The number of halogens is 1. The Kier molecular flexibility index (Phi) is 6.26. The number of phenolic OH excluding ortho intramolecular Hbond substituents is 1. The molecule has 0 bridgehead atoms. The van der Waals surface area contributed by atoms with E-state index in [9.17, 15) is 23.9 Å². The predicted octanol–water partition coefficient (Wildman–Crippen LogP) is 3.22. The van der Waals surface area contributed by atoms with Crippen LogP contribution in [0.1, 0.15) is 5.56 Å². The molecule has 1 aliphatic rings. The Morgan fingerprint density at radius 2 is 1.77 bits per heavy atom. The lowest BCUT2D eigenvalue weighted by Gasteiger charge is -2.12. The maximum absolute atomic E-state index is 12.9. The molecule has 0 atom stereocenters. The van der Waals surface area contributed by atoms with Crippen LogP contribution in [0.15, 0.2) is 41.3 Å². The van der Waals surface area contributed by atoms with Gasteiger partial charge in [-0.2, -0.15) is 0 Å². The Balaban J connectivity index is 1.75. The van der Waals surface area contributed by atoms with Crippen molar-refractivity contribution in [1.29, 1.82) is 0 Å². The van der Waals surface area contributed by atoms with Crippen LogP contribution in [0.25, 0.3) is 6.08 Å². The number of phenols is 1. The van der Waals surface area contributed by atoms with Gasteiger partial charge in [0.1, 0.15) is 12.4 Å². The summed E-state index contributed by atoms with van der Waals surface area (Å²) in [4.78, 5) is 37.9. The van der Waals surface area contributed by atoms with Gasteiger partial charge in [-0.3, -0.25) is 19.3 Å². The average Bonchev–Trinajstić information content (AvgIpc) is 2.98. The number of imide groups is 1. The Bertz CT molecular complexity index is 1010. The number of nitrogens with zero attached hydrogens (tertiary/aromatic N) is 1. The minimum atomic E-state index is -0.634. The highest BCUT2D eigenvalue weighted by Gasteiger charge is 2.36. The van der Waals surface area contributed by atoms with Crippen LogP contribution in [0.3, 0.4) is 0 Å². The molecular formula is C20H17FN2O6S. The van der Waals surface area contributed by atoms with Crippen LogP contribution in [-0.4, -0.2) is 47.8 Å². The molecule has 2 N–H and O–H groups in total. The van der Waals surface area contributed by atoms with E-state index < -0.39 is 29.4 Å². The van der Waals surface area contributed by atoms with Crippen LogP contribution >= 0.6 is 11.8 Å². The Hall–Kier alpha value is -3.53. The molecule has 0 spiro atoms. The molecule has 8 nitrogen and oxygen atoms in total. The first-order valence-corrected chi connectivity index (χ1v) is 9.39. The molecule has 1 fully saturated rings. The van der Waals surface area contributed by atoms with Gasteiger partial charge in [0.2, 0.25) is 11.7 Å². The number of benzene rings is 2. The fraction of sp³-hybridized carbons (Fsp3) is 0.150. The van der Waals surface area contributed by atoms with E-state index in [0.717, 1.165) is 4.90 Å². The number of carbonyl (C=O) groups is 3. The van der Waals surface area contributed by atoms with Gasteiger partial charge in [0, 0.05) is 5.69 Å². The summed E-state index contributed by atoms with van der Waals surface area (Å²) < 4.78 is 23.1. The Labute approximate surface area is 175 Å². The quantitative estimate of drug-likeness (QED) is 0.675. The number of ether oxygens (including phenoxy) is 2. The molecule has 3 rings (SSSR count). The van der Waals surface area contributed by atoms with Gasteiger partial charge < -0.3 is 19.9 Å². The van der Waals surface area contributed by atoms with Crippen molar-refractivity contribution in [2.45, 2.75) is 0 Å². The van der Waals surface area contributed by atoms with E-state index in [0.29, 0.717) is 23.0 Å². The third-order valence-electron chi connectivity index (χ3n) is 4.10. The SMILES string of the molecule is COc1cc(/C=C2/SC(=O)N(CC(=O)Nc3ccc(F)cc3)C2=O)cc(OC)c1O. The van der Waals surface area contributed by atoms with E-state index in [1.54, 1.807) is 0 Å². The molecule has 1 heterocycles. The Morgan fingerprint density at radius 1 is 1.17 bits per heavy atom. The summed E-state index contributed by atoms with van der Waals surface area (Å²) in [5.74, 6) is -1.60. The van der Waals surface area contributed by atoms with Crippen molar-refractivity contribution >= 4 is 40.6 Å². The number of rotatable bonds is 6. The van der Waals surface area contributed by atoms with Crippen molar-refractivity contribution < 1.29 is 33.4 Å². The number of nitrogens with one attached hydrogen (secondary N) is 1. The summed E-state index contributed by atoms with van der Waals surface area (Å²) in [5, 5.41) is 11.9. The third-order valence-corrected chi connectivity index (χ3v) is 5.01. The number of amides is 3. The number of thioether (sulfide) groups is 1. The number of carbonyl (C=O) groups excluding carboxylic acids is 3. The van der Waals surface area contributed by atoms with E-state index in [-0.39, 0.29) is 22.2 Å². The predicted molar refractivity (Wildman–Crippen MR) is 109 cm³/mol. The second kappa shape index (κ2) is 8.87. The largest absolute Gasteiger partial charge is 0.502 e. The standard InChI is InChI=1S/C20H17FN2O6S/c1-28-14-7-11(8-15(29-2)18(14)25)9-16-19(26)23(20(27)30-16)10-17(24)22-13-5-3-12(21)4-6-13/h3-9,25H,10H2,1-2H3,(H,22,24)/b16-9+. The molecule has 1 saturated heterocycles. The number of hydrogen-bond donors (Lipinski definition) is 2. The van der Waals surface area contributed by atoms with Crippen LogP contribution in [0.2, 0.25) is 0 Å². The van der Waals surface area contributed by atoms with E-state index in [1.807, 2.05) is 0 Å². The number of methoxy groups -OCH3 is 2. The first-order valence-electron chi connectivity index (χ1n) is 8.58. The molecule has 1 aliphatic heterocycles. The highest BCUT2D eigenvalue weighted by atomic mass is 32.2. The summed E-state index contributed by atoms with van der Waals surface area (Å²) in [6.07, 6.45) is 1.44. The first-order chi connectivity index (χ1) is 14.3. The zero-order valence-electron chi connectivity index (χ0n) is 16.0. The fourth-order valence-corrected chi connectivity index (χ4v) is 3.50. The van der Waals surface area contributed by atoms with Crippen molar-refractivity contribution in [3.8, 4) is 17.2 Å². The first kappa shape index (κ1) is 21.2. The zero-order valence-corrected chi connectivity index (χ0v) is 16.8. The Morgan fingerprint density at radius 3 is 2.33 bits per heavy atom. The van der Waals surface area contributed by atoms with Crippen molar-refractivity contribution in [3.05, 3.63) is 52.7 Å². The van der Waals surface area contributed by atoms with Crippen molar-refractivity contribution in [2.75, 3.05) is 26.1 Å². The van der Waals surface area contributed by atoms with Gasteiger partial charge >= 0.3 is 0 Å². The van der Waals surface area contributed by atoms with E-state index >= 15 is 0 Å². The van der Waals surface area contributed by atoms with Gasteiger partial charge in [0.05, 0.1) is 19.1 Å². The highest BCUT2D eigenvalue weighted by Crippen LogP contribution is 2.39. The third kappa shape index (κ3) is 4.54. The molecule has 0 radical (unpaired) electrons. The highest BCUT2D eigenvalue weighted by molar-refractivity contribution is 8.18. The van der Waals surface area contributed by atoms with E-state index in [1.165, 1.54) is 56.7 Å². The van der Waals surface area contributed by atoms with Crippen LogP contribution in [0.5, 0.6) is 17.2 Å². The van der Waals surface area contributed by atoms with Crippen LogP contribution in [0.4, 0.5) is 14.9 Å². The summed E-state index contributed by atoms with van der Waals surface area (Å²) in [5.41, 5.74) is 0.801. The molecule has 0 aromatic heterocycles. The molecule has 3 amide bonds. The molecule has 156 valence electrons. The van der Waals surface area contributed by atoms with Crippen molar-refractivity contribution in [1.82, 2.24) is 4.90 Å². The summed E-state index contributed by atoms with van der Waals surface area (Å²) in [6.45, 7) is -0.485. The van der Waals surface area contributed by atoms with Gasteiger partial charge in [-0.05, 0) is 59.8 Å². The van der Waals surface area contributed by atoms with Crippen LogP contribution < -0.4 is 14.8 Å². The normalized spacial score (nSPS) is 14.9. The average molecular weight is 432 g/mol. The lowest BCUT2D eigenvalue weighted by atomic mass is 10.1. The van der Waals surface area contributed by atoms with Gasteiger partial charge in [0.15, 0.2) is 11.5 Å². The van der Waals surface area contributed by atoms with Gasteiger partial charge in [-0.15, -0.1) is 0 Å². The molecular weight excluding hydrogens is 415 g/mol. The topological polar surface area (TPSA) is 105 Å². The molecule has 0 saturated carbocycles. The lowest BCUT2D eigenvalue weighted by Crippen LogP contribution is -2.36. The van der Waals surface area contributed by atoms with Gasteiger partial charge in [-0.1, -0.05) is 0 Å². The molecule has 2 aromatic carbocycles. The van der Waals surface area contributed by atoms with Crippen LogP contribution in [-0.2, 0) is 9.59 Å². The van der Waals surface area contributed by atoms with Crippen molar-refractivity contribution in [2.24, 2.45) is 0 Å². The number of aromatic hydroxyl groups is 1. The zero-order chi connectivity index (χ0) is 21.8. The monoisotopic (exact) mass is 432 g/mol. The molecule has 0 unspecified atom stereocenters. The van der Waals surface area contributed by atoms with Gasteiger partial charge in [-0.25, -0.2) is 4.39 Å². The maximum atomic E-state index is 12.9. The maximum Gasteiger partial charge on any atom is 0.294 e. The van der Waals surface area contributed by atoms with E-state index in [2.05, 4.69) is 5.32 Å². The van der Waals surface area contributed by atoms with Crippen molar-refractivity contribution in [3.63, 3.8) is 0 Å². The van der Waals surface area contributed by atoms with Crippen LogP contribution in [0, 0.1) is 5.82 Å². The summed E-state index contributed by atoms with van der Waals surface area (Å²) in [7, 11) is 2.73. The number of hydrogen-bond acceptors (Lipinski definition) is 7.